The summed E-state index contributed by atoms with van der Waals surface area (Å²) in [6.45, 7) is 1.94. The van der Waals surface area contributed by atoms with Gasteiger partial charge >= 0.3 is 0 Å². The van der Waals surface area contributed by atoms with E-state index in [0.29, 0.717) is 37.6 Å². The van der Waals surface area contributed by atoms with Crippen molar-refractivity contribution in [1.82, 2.24) is 15.0 Å². The zero-order valence-electron chi connectivity index (χ0n) is 15.0. The monoisotopic (exact) mass is 395 g/mol. The van der Waals surface area contributed by atoms with Crippen LogP contribution in [-0.2, 0) is 25.1 Å². The molecular weight excluding hydrogens is 374 g/mol. The topological polar surface area (TPSA) is 112 Å². The molecule has 10 heteroatoms. The number of nitrogens with zero attached hydrogens (tertiary/aromatic N) is 3. The minimum absolute atomic E-state index is 0.0188. The van der Waals surface area contributed by atoms with E-state index in [0.717, 1.165) is 0 Å². The summed E-state index contributed by atoms with van der Waals surface area (Å²) >= 11 is 0. The average Bonchev–Trinajstić information content (AvgIpc) is 3.14. The van der Waals surface area contributed by atoms with Crippen LogP contribution in [0.25, 0.3) is 11.4 Å². The predicted octanol–water partition coefficient (Wildman–Crippen LogP) is 0.909. The Kier molecular flexibility index (Phi) is 6.07. The number of benzene rings is 1. The third-order valence-electron chi connectivity index (χ3n) is 4.15. The molecule has 0 N–H and O–H groups in total. The SMILES string of the molecule is COc1ccccc1-c1noc(CS(=O)(=O)CCC(=O)N2CCOCC2)n1. The van der Waals surface area contributed by atoms with Crippen LogP contribution in [0.2, 0.25) is 0 Å². The van der Waals surface area contributed by atoms with E-state index >= 15 is 0 Å². The van der Waals surface area contributed by atoms with Crippen LogP contribution in [0.15, 0.2) is 28.8 Å². The van der Waals surface area contributed by atoms with E-state index in [9.17, 15) is 13.2 Å². The third kappa shape index (κ3) is 5.04. The van der Waals surface area contributed by atoms with Crippen LogP contribution in [0.5, 0.6) is 5.75 Å². The molecule has 0 atom stereocenters. The fraction of sp³-hybridized carbons (Fsp3) is 0.471. The van der Waals surface area contributed by atoms with Gasteiger partial charge in [-0.1, -0.05) is 17.3 Å². The van der Waals surface area contributed by atoms with Crippen LogP contribution >= 0.6 is 0 Å². The molecule has 3 rings (SSSR count). The lowest BCUT2D eigenvalue weighted by atomic mass is 10.2. The molecule has 0 saturated carbocycles. The van der Waals surface area contributed by atoms with E-state index in [1.165, 1.54) is 7.11 Å². The fourth-order valence-corrected chi connectivity index (χ4v) is 3.85. The largest absolute Gasteiger partial charge is 0.496 e. The fourth-order valence-electron chi connectivity index (χ4n) is 2.73. The maximum Gasteiger partial charge on any atom is 0.242 e. The van der Waals surface area contributed by atoms with E-state index in [1.807, 2.05) is 0 Å². The summed E-state index contributed by atoms with van der Waals surface area (Å²) in [6.07, 6.45) is -0.0736. The molecule has 2 heterocycles. The van der Waals surface area contributed by atoms with E-state index in [-0.39, 0.29) is 29.8 Å². The minimum Gasteiger partial charge on any atom is -0.496 e. The average molecular weight is 395 g/mol. The van der Waals surface area contributed by atoms with Crippen molar-refractivity contribution in [3.63, 3.8) is 0 Å². The Morgan fingerprint density at radius 3 is 2.74 bits per heavy atom. The molecule has 1 aliphatic rings. The Morgan fingerprint density at radius 2 is 2.00 bits per heavy atom. The zero-order chi connectivity index (χ0) is 19.3. The van der Waals surface area contributed by atoms with Crippen molar-refractivity contribution < 1.29 is 27.2 Å². The second-order valence-corrected chi connectivity index (χ2v) is 8.23. The number of hydrogen-bond donors (Lipinski definition) is 0. The molecule has 0 radical (unpaired) electrons. The molecule has 1 amide bonds. The summed E-state index contributed by atoms with van der Waals surface area (Å²) in [5.41, 5.74) is 0.606. The summed E-state index contributed by atoms with van der Waals surface area (Å²) in [5.74, 6) is -0.0797. The molecule has 0 bridgehead atoms. The van der Waals surface area contributed by atoms with Crippen molar-refractivity contribution in [2.45, 2.75) is 12.2 Å². The molecule has 1 aliphatic heterocycles. The quantitative estimate of drug-likeness (QED) is 0.680. The van der Waals surface area contributed by atoms with E-state index in [1.54, 1.807) is 29.2 Å². The molecule has 9 nitrogen and oxygen atoms in total. The number of para-hydroxylation sites is 1. The number of sulfone groups is 1. The number of hydrogen-bond acceptors (Lipinski definition) is 8. The minimum atomic E-state index is -3.56. The third-order valence-corrected chi connectivity index (χ3v) is 5.66. The molecule has 0 aliphatic carbocycles. The molecule has 27 heavy (non-hydrogen) atoms. The van der Waals surface area contributed by atoms with Crippen LogP contribution < -0.4 is 4.74 Å². The lowest BCUT2D eigenvalue weighted by molar-refractivity contribution is -0.134. The Balaban J connectivity index is 1.61. The summed E-state index contributed by atoms with van der Waals surface area (Å²) in [6, 6.07) is 7.10. The van der Waals surface area contributed by atoms with Gasteiger partial charge in [-0.3, -0.25) is 4.79 Å². The number of ether oxygens (including phenoxy) is 2. The highest BCUT2D eigenvalue weighted by Gasteiger charge is 2.23. The van der Waals surface area contributed by atoms with Gasteiger partial charge in [0.05, 0.1) is 31.6 Å². The van der Waals surface area contributed by atoms with Gasteiger partial charge in [0.1, 0.15) is 11.5 Å². The van der Waals surface area contributed by atoms with E-state index in [4.69, 9.17) is 14.0 Å². The second kappa shape index (κ2) is 8.49. The maximum absolute atomic E-state index is 12.3. The Bertz CT molecular complexity index is 890. The summed E-state index contributed by atoms with van der Waals surface area (Å²) in [4.78, 5) is 17.9. The molecule has 1 aromatic heterocycles. The van der Waals surface area contributed by atoms with Crippen molar-refractivity contribution in [3.05, 3.63) is 30.2 Å². The smallest absolute Gasteiger partial charge is 0.242 e. The van der Waals surface area contributed by atoms with Gasteiger partial charge in [0, 0.05) is 19.5 Å². The van der Waals surface area contributed by atoms with Gasteiger partial charge < -0.3 is 18.9 Å². The molecular formula is C17H21N3O6S. The van der Waals surface area contributed by atoms with Crippen molar-refractivity contribution in [3.8, 4) is 17.1 Å². The maximum atomic E-state index is 12.3. The van der Waals surface area contributed by atoms with Crippen LogP contribution in [0, 0.1) is 0 Å². The summed E-state index contributed by atoms with van der Waals surface area (Å²) in [7, 11) is -2.04. The highest BCUT2D eigenvalue weighted by molar-refractivity contribution is 7.90. The number of methoxy groups -OCH3 is 1. The van der Waals surface area contributed by atoms with Crippen LogP contribution in [-0.4, -0.2) is 68.5 Å². The predicted molar refractivity (Wildman–Crippen MR) is 95.8 cm³/mol. The number of morpholine rings is 1. The van der Waals surface area contributed by atoms with Gasteiger partial charge in [-0.15, -0.1) is 0 Å². The van der Waals surface area contributed by atoms with Gasteiger partial charge in [0.2, 0.25) is 17.6 Å². The molecule has 1 aromatic carbocycles. The first-order chi connectivity index (χ1) is 13.0. The van der Waals surface area contributed by atoms with Gasteiger partial charge in [-0.2, -0.15) is 4.98 Å². The standard InChI is InChI=1S/C17H21N3O6S/c1-24-14-5-3-2-4-13(14)17-18-15(26-19-17)12-27(22,23)11-6-16(21)20-7-9-25-10-8-20/h2-5H,6-12H2,1H3. The van der Waals surface area contributed by atoms with Crippen LogP contribution in [0.3, 0.4) is 0 Å². The lowest BCUT2D eigenvalue weighted by Gasteiger charge is -2.26. The van der Waals surface area contributed by atoms with Gasteiger partial charge in [0.25, 0.3) is 0 Å². The number of rotatable bonds is 7. The number of carbonyl (C=O) groups excluding carboxylic acids is 1. The normalized spacial score (nSPS) is 14.9. The summed E-state index contributed by atoms with van der Waals surface area (Å²) < 4.78 is 40.1. The second-order valence-electron chi connectivity index (χ2n) is 6.05. The van der Waals surface area contributed by atoms with E-state index < -0.39 is 15.6 Å². The Hall–Kier alpha value is -2.46. The molecule has 1 fully saturated rings. The highest BCUT2D eigenvalue weighted by Crippen LogP contribution is 2.27. The van der Waals surface area contributed by atoms with Crippen molar-refractivity contribution in [2.24, 2.45) is 0 Å². The van der Waals surface area contributed by atoms with Crippen molar-refractivity contribution in [1.29, 1.82) is 0 Å². The first-order valence-electron chi connectivity index (χ1n) is 8.50. The Labute approximate surface area is 157 Å². The van der Waals surface area contributed by atoms with Crippen molar-refractivity contribution in [2.75, 3.05) is 39.2 Å². The summed E-state index contributed by atoms with van der Waals surface area (Å²) in [5, 5.41) is 3.83. The number of carbonyl (C=O) groups is 1. The lowest BCUT2D eigenvalue weighted by Crippen LogP contribution is -2.41. The van der Waals surface area contributed by atoms with Gasteiger partial charge in [0.15, 0.2) is 9.84 Å². The molecule has 1 saturated heterocycles. The van der Waals surface area contributed by atoms with Gasteiger partial charge in [-0.25, -0.2) is 8.42 Å². The first kappa shape index (κ1) is 19.3. The van der Waals surface area contributed by atoms with Crippen LogP contribution in [0.4, 0.5) is 0 Å². The first-order valence-corrected chi connectivity index (χ1v) is 10.3. The number of aromatic nitrogens is 2. The highest BCUT2D eigenvalue weighted by atomic mass is 32.2. The van der Waals surface area contributed by atoms with Crippen LogP contribution in [0.1, 0.15) is 12.3 Å². The molecule has 146 valence electrons. The molecule has 0 spiro atoms. The van der Waals surface area contributed by atoms with Crippen molar-refractivity contribution >= 4 is 15.7 Å². The van der Waals surface area contributed by atoms with E-state index in [2.05, 4.69) is 10.1 Å². The zero-order valence-corrected chi connectivity index (χ0v) is 15.8. The van der Waals surface area contributed by atoms with Gasteiger partial charge in [-0.05, 0) is 12.1 Å². The molecule has 0 unspecified atom stereocenters. The number of amides is 1. The Morgan fingerprint density at radius 1 is 1.26 bits per heavy atom. The molecule has 2 aromatic rings.